The number of amides is 1. The van der Waals surface area contributed by atoms with Crippen LogP contribution in [0.15, 0.2) is 71.5 Å². The second-order valence-corrected chi connectivity index (χ2v) is 5.54. The van der Waals surface area contributed by atoms with Gasteiger partial charge in [0.1, 0.15) is 11.9 Å². The molecule has 1 atom stereocenters. The molecule has 1 amide bonds. The van der Waals surface area contributed by atoms with Gasteiger partial charge in [0.05, 0.1) is 5.69 Å². The Morgan fingerprint density at radius 1 is 1.04 bits per heavy atom. The number of rotatable bonds is 4. The molecule has 0 aliphatic rings. The smallest absolute Gasteiger partial charge is 0.267 e. The number of nitrogens with zero attached hydrogens (tertiary/aromatic N) is 2. The molecule has 3 rings (SSSR count). The third kappa shape index (κ3) is 3.80. The second-order valence-electron chi connectivity index (χ2n) is 5.54. The minimum absolute atomic E-state index is 0.374. The summed E-state index contributed by atoms with van der Waals surface area (Å²) in [4.78, 5) is 24.5. The molecule has 0 fully saturated rings. The quantitative estimate of drug-likeness (QED) is 0.795. The van der Waals surface area contributed by atoms with E-state index in [9.17, 15) is 14.0 Å². The van der Waals surface area contributed by atoms with Crippen LogP contribution in [0.4, 0.5) is 10.1 Å². The van der Waals surface area contributed by atoms with Gasteiger partial charge in [0.15, 0.2) is 0 Å². The van der Waals surface area contributed by atoms with E-state index in [-0.39, 0.29) is 11.4 Å². The summed E-state index contributed by atoms with van der Waals surface area (Å²) in [7, 11) is 0. The molecule has 1 N–H and O–H groups in total. The molecule has 1 heterocycles. The van der Waals surface area contributed by atoms with Gasteiger partial charge in [0, 0.05) is 17.3 Å². The van der Waals surface area contributed by atoms with Crippen molar-refractivity contribution < 1.29 is 9.18 Å². The first-order chi connectivity index (χ1) is 12.0. The number of nitrogens with one attached hydrogen (secondary N) is 1. The topological polar surface area (TPSA) is 64.0 Å². The molecule has 6 heteroatoms. The first-order valence-corrected chi connectivity index (χ1v) is 7.76. The fourth-order valence-corrected chi connectivity index (χ4v) is 2.36. The zero-order valence-electron chi connectivity index (χ0n) is 13.5. The number of carbonyl (C=O) groups is 1. The summed E-state index contributed by atoms with van der Waals surface area (Å²) in [5, 5.41) is 6.95. The van der Waals surface area contributed by atoms with Gasteiger partial charge < -0.3 is 5.32 Å². The molecule has 0 saturated carbocycles. The van der Waals surface area contributed by atoms with Gasteiger partial charge in [0.25, 0.3) is 5.56 Å². The normalized spacial score (nSPS) is 11.8. The predicted molar refractivity (Wildman–Crippen MR) is 93.7 cm³/mol. The Balaban J connectivity index is 1.86. The maximum absolute atomic E-state index is 12.9. The highest BCUT2D eigenvalue weighted by atomic mass is 19.1. The maximum Gasteiger partial charge on any atom is 0.267 e. The van der Waals surface area contributed by atoms with Crippen molar-refractivity contribution in [3.8, 4) is 11.3 Å². The molecule has 25 heavy (non-hydrogen) atoms. The first kappa shape index (κ1) is 16.6. The van der Waals surface area contributed by atoms with E-state index in [4.69, 9.17) is 0 Å². The third-order valence-corrected chi connectivity index (χ3v) is 3.75. The van der Waals surface area contributed by atoms with Crippen molar-refractivity contribution in [1.29, 1.82) is 0 Å². The van der Waals surface area contributed by atoms with Gasteiger partial charge in [-0.05, 0) is 37.3 Å². The molecule has 3 aromatic rings. The van der Waals surface area contributed by atoms with E-state index in [1.165, 1.54) is 30.3 Å². The molecule has 0 bridgehead atoms. The molecule has 0 radical (unpaired) electrons. The van der Waals surface area contributed by atoms with Crippen molar-refractivity contribution in [2.24, 2.45) is 0 Å². The van der Waals surface area contributed by atoms with Crippen LogP contribution in [0, 0.1) is 5.82 Å². The lowest BCUT2D eigenvalue weighted by molar-refractivity contribution is -0.119. The number of hydrogen-bond acceptors (Lipinski definition) is 3. The van der Waals surface area contributed by atoms with Gasteiger partial charge >= 0.3 is 0 Å². The summed E-state index contributed by atoms with van der Waals surface area (Å²) in [5.74, 6) is -0.800. The lowest BCUT2D eigenvalue weighted by Crippen LogP contribution is -2.33. The minimum Gasteiger partial charge on any atom is -0.324 e. The summed E-state index contributed by atoms with van der Waals surface area (Å²) in [6.45, 7) is 1.59. The maximum atomic E-state index is 12.9. The van der Waals surface area contributed by atoms with Crippen molar-refractivity contribution in [1.82, 2.24) is 9.78 Å². The molecular formula is C19H16FN3O2. The van der Waals surface area contributed by atoms with Crippen molar-refractivity contribution in [2.45, 2.75) is 13.0 Å². The molecule has 126 valence electrons. The Bertz CT molecular complexity index is 937. The van der Waals surface area contributed by atoms with Crippen molar-refractivity contribution in [3.05, 3.63) is 82.9 Å². The van der Waals surface area contributed by atoms with Gasteiger partial charge in [-0.3, -0.25) is 9.59 Å². The van der Waals surface area contributed by atoms with Crippen LogP contribution in [-0.4, -0.2) is 15.7 Å². The van der Waals surface area contributed by atoms with Gasteiger partial charge in [-0.1, -0.05) is 30.3 Å². The van der Waals surface area contributed by atoms with E-state index in [0.29, 0.717) is 11.4 Å². The number of halogens is 1. The molecule has 1 aromatic heterocycles. The second kappa shape index (κ2) is 7.09. The van der Waals surface area contributed by atoms with Gasteiger partial charge in [-0.2, -0.15) is 5.10 Å². The summed E-state index contributed by atoms with van der Waals surface area (Å²) < 4.78 is 14.1. The Hall–Kier alpha value is -3.28. The average molecular weight is 337 g/mol. The van der Waals surface area contributed by atoms with Gasteiger partial charge in [0.2, 0.25) is 5.91 Å². The Morgan fingerprint density at radius 2 is 1.72 bits per heavy atom. The number of anilines is 1. The lowest BCUT2D eigenvalue weighted by atomic mass is 10.1. The van der Waals surface area contributed by atoms with Crippen LogP contribution in [0.3, 0.4) is 0 Å². The van der Waals surface area contributed by atoms with Crippen LogP contribution in [-0.2, 0) is 4.79 Å². The largest absolute Gasteiger partial charge is 0.324 e. The fraction of sp³-hybridized carbons (Fsp3) is 0.105. The molecule has 0 spiro atoms. The van der Waals surface area contributed by atoms with E-state index in [0.717, 1.165) is 10.2 Å². The monoisotopic (exact) mass is 337 g/mol. The first-order valence-electron chi connectivity index (χ1n) is 7.76. The zero-order chi connectivity index (χ0) is 17.8. The third-order valence-electron chi connectivity index (χ3n) is 3.75. The number of carbonyl (C=O) groups excluding carboxylic acids is 1. The van der Waals surface area contributed by atoms with Crippen molar-refractivity contribution >= 4 is 11.6 Å². The van der Waals surface area contributed by atoms with Gasteiger partial charge in [-0.15, -0.1) is 0 Å². The highest BCUT2D eigenvalue weighted by Gasteiger charge is 2.18. The Labute approximate surface area is 143 Å². The van der Waals surface area contributed by atoms with E-state index < -0.39 is 11.9 Å². The van der Waals surface area contributed by atoms with Crippen molar-refractivity contribution in [2.75, 3.05) is 5.32 Å². The fourth-order valence-electron chi connectivity index (χ4n) is 2.36. The lowest BCUT2D eigenvalue weighted by Gasteiger charge is -2.15. The average Bonchev–Trinajstić information content (AvgIpc) is 2.64. The highest BCUT2D eigenvalue weighted by molar-refractivity contribution is 5.93. The molecule has 0 aliphatic carbocycles. The van der Waals surface area contributed by atoms with Crippen LogP contribution in [0.25, 0.3) is 11.3 Å². The standard InChI is InChI=1S/C19H16FN3O2/c1-13(19(25)21-16-9-7-15(20)8-10-16)23-18(24)12-11-17(22-23)14-5-3-2-4-6-14/h2-13H,1H3,(H,21,25)/t13-/m0/s1. The number of benzene rings is 2. The molecule has 0 saturated heterocycles. The summed E-state index contributed by atoms with van der Waals surface area (Å²) in [6.07, 6.45) is 0. The Morgan fingerprint density at radius 3 is 2.40 bits per heavy atom. The Kier molecular flexibility index (Phi) is 4.70. The predicted octanol–water partition coefficient (Wildman–Crippen LogP) is 3.25. The van der Waals surface area contributed by atoms with Crippen LogP contribution < -0.4 is 10.9 Å². The SMILES string of the molecule is C[C@@H](C(=O)Nc1ccc(F)cc1)n1nc(-c2ccccc2)ccc1=O. The van der Waals surface area contributed by atoms with Crippen LogP contribution in [0.5, 0.6) is 0 Å². The van der Waals surface area contributed by atoms with Crippen LogP contribution >= 0.6 is 0 Å². The number of aromatic nitrogens is 2. The molecule has 0 unspecified atom stereocenters. The summed E-state index contributed by atoms with van der Waals surface area (Å²) in [6, 6.07) is 17.0. The molecule has 2 aromatic carbocycles. The van der Waals surface area contributed by atoms with E-state index in [2.05, 4.69) is 10.4 Å². The molecule has 5 nitrogen and oxygen atoms in total. The van der Waals surface area contributed by atoms with E-state index >= 15 is 0 Å². The van der Waals surface area contributed by atoms with Crippen molar-refractivity contribution in [3.63, 3.8) is 0 Å². The van der Waals surface area contributed by atoms with Crippen LogP contribution in [0.1, 0.15) is 13.0 Å². The summed E-state index contributed by atoms with van der Waals surface area (Å²) in [5.41, 5.74) is 1.52. The van der Waals surface area contributed by atoms with E-state index in [1.807, 2.05) is 30.3 Å². The highest BCUT2D eigenvalue weighted by Crippen LogP contribution is 2.16. The molecular weight excluding hydrogens is 321 g/mol. The molecule has 0 aliphatic heterocycles. The van der Waals surface area contributed by atoms with Crippen LogP contribution in [0.2, 0.25) is 0 Å². The number of hydrogen-bond donors (Lipinski definition) is 1. The van der Waals surface area contributed by atoms with E-state index in [1.54, 1.807) is 13.0 Å². The summed E-state index contributed by atoms with van der Waals surface area (Å²) >= 11 is 0. The minimum atomic E-state index is -0.818. The zero-order valence-corrected chi connectivity index (χ0v) is 13.5. The van der Waals surface area contributed by atoms with Gasteiger partial charge in [-0.25, -0.2) is 9.07 Å².